The fraction of sp³-hybridized carbons (Fsp3) is 0.400. The van der Waals surface area contributed by atoms with Gasteiger partial charge in [-0.15, -0.1) is 24.0 Å². The van der Waals surface area contributed by atoms with Gasteiger partial charge in [-0.05, 0) is 39.8 Å². The molecule has 2 heterocycles. The number of thioether (sulfide) groups is 1. The van der Waals surface area contributed by atoms with E-state index in [4.69, 9.17) is 32.7 Å². The zero-order chi connectivity index (χ0) is 23.5. The van der Waals surface area contributed by atoms with Crippen molar-refractivity contribution in [2.24, 2.45) is 5.16 Å². The maximum Gasteiger partial charge on any atom is 0.374 e. The predicted octanol–water partition coefficient (Wildman–Crippen LogP) is 3.93. The van der Waals surface area contributed by atoms with Gasteiger partial charge in [0, 0.05) is 17.0 Å². The number of carbonyl (C=O) groups excluding carboxylic acids is 2. The van der Waals surface area contributed by atoms with Crippen molar-refractivity contribution in [1.82, 2.24) is 4.98 Å². The number of thiazole rings is 1. The lowest BCUT2D eigenvalue weighted by Crippen LogP contribution is -2.42. The number of benzene rings is 1. The number of oxime groups is 1. The van der Waals surface area contributed by atoms with Crippen molar-refractivity contribution in [3.05, 3.63) is 29.6 Å². The molecule has 2 aromatic rings. The number of aromatic nitrogens is 1. The normalized spacial score (nSPS) is 18.1. The highest BCUT2D eigenvalue weighted by Crippen LogP contribution is 2.51. The van der Waals surface area contributed by atoms with E-state index in [1.54, 1.807) is 27.7 Å². The second kappa shape index (κ2) is 9.59. The Labute approximate surface area is 199 Å². The van der Waals surface area contributed by atoms with Crippen molar-refractivity contribution in [2.75, 3.05) is 11.1 Å². The summed E-state index contributed by atoms with van der Waals surface area (Å²) in [6.45, 7) is 6.85. The first-order valence-corrected chi connectivity index (χ1v) is 11.8. The number of hydrogen-bond acceptors (Lipinski definition) is 12. The number of anilines is 2. The van der Waals surface area contributed by atoms with Gasteiger partial charge in [0.15, 0.2) is 5.13 Å². The topological polar surface area (TPSA) is 125 Å². The average molecular weight is 497 g/mol. The van der Waals surface area contributed by atoms with Crippen molar-refractivity contribution >= 4 is 64.2 Å². The number of esters is 2. The molecule has 1 atom stereocenters. The Morgan fingerprint density at radius 1 is 1.31 bits per heavy atom. The molecular weight excluding hydrogens is 472 g/mol. The number of fused-ring (bicyclic) bond motifs is 1. The number of nitrogens with two attached hydrogens (primary N) is 1. The number of nitrogens with one attached hydrogen (secondary N) is 1. The van der Waals surface area contributed by atoms with Crippen LogP contribution in [-0.4, -0.2) is 38.5 Å². The van der Waals surface area contributed by atoms with E-state index in [2.05, 4.69) is 15.5 Å². The van der Waals surface area contributed by atoms with Crippen molar-refractivity contribution < 1.29 is 23.9 Å². The smallest absolute Gasteiger partial charge is 0.374 e. The van der Waals surface area contributed by atoms with Gasteiger partial charge in [-0.2, -0.15) is 4.98 Å². The summed E-state index contributed by atoms with van der Waals surface area (Å²) in [5.41, 5.74) is 4.85. The van der Waals surface area contributed by atoms with Gasteiger partial charge in [0.05, 0.1) is 5.38 Å². The number of nitrogen functional groups attached to an aromatic ring is 1. The van der Waals surface area contributed by atoms with Crippen LogP contribution in [0.1, 0.15) is 34.1 Å². The Kier molecular flexibility index (Phi) is 7.25. The molecule has 1 aromatic heterocycles. The van der Waals surface area contributed by atoms with E-state index in [0.717, 1.165) is 21.9 Å². The van der Waals surface area contributed by atoms with Gasteiger partial charge in [0.1, 0.15) is 15.9 Å². The summed E-state index contributed by atoms with van der Waals surface area (Å²) in [5, 5.41) is 8.66. The molecule has 0 aliphatic carbocycles. The molecule has 0 spiro atoms. The molecule has 172 valence electrons. The maximum absolute atomic E-state index is 12.9. The molecule has 0 saturated carbocycles. The number of para-hydroxylation sites is 1. The quantitative estimate of drug-likeness (QED) is 0.164. The third kappa shape index (κ3) is 6.30. The van der Waals surface area contributed by atoms with Gasteiger partial charge in [-0.1, -0.05) is 29.1 Å². The minimum atomic E-state index is -1.06. The van der Waals surface area contributed by atoms with Gasteiger partial charge in [-0.25, -0.2) is 9.59 Å². The van der Waals surface area contributed by atoms with E-state index in [1.165, 1.54) is 17.1 Å². The largest absolute Gasteiger partial charge is 0.454 e. The predicted molar refractivity (Wildman–Crippen MR) is 128 cm³/mol. The molecule has 3 N–H and O–H groups in total. The average Bonchev–Trinajstić information content (AvgIpc) is 3.21. The molecule has 1 unspecified atom stereocenters. The van der Waals surface area contributed by atoms with E-state index in [1.807, 2.05) is 24.3 Å². The van der Waals surface area contributed by atoms with Gasteiger partial charge >= 0.3 is 11.9 Å². The molecule has 1 aromatic carbocycles. The second-order valence-corrected chi connectivity index (χ2v) is 11.1. The molecule has 0 radical (unpaired) electrons. The Bertz CT molecular complexity index is 1010. The zero-order valence-corrected chi connectivity index (χ0v) is 20.5. The minimum absolute atomic E-state index is 0.0413. The fourth-order valence-corrected chi connectivity index (χ4v) is 5.43. The third-order valence-electron chi connectivity index (χ3n) is 3.97. The lowest BCUT2D eigenvalue weighted by Gasteiger charge is -2.33. The highest BCUT2D eigenvalue weighted by Gasteiger charge is 2.42. The highest BCUT2D eigenvalue weighted by atomic mass is 32.2. The third-order valence-corrected chi connectivity index (χ3v) is 6.33. The van der Waals surface area contributed by atoms with E-state index >= 15 is 0 Å². The summed E-state index contributed by atoms with van der Waals surface area (Å²) < 4.78 is 10.0. The second-order valence-electron chi connectivity index (χ2n) is 7.84. The lowest BCUT2D eigenvalue weighted by molar-refractivity contribution is -0.149. The van der Waals surface area contributed by atoms with E-state index < -0.39 is 27.5 Å². The molecular formula is C20H24N4O5S3. The van der Waals surface area contributed by atoms with Crippen molar-refractivity contribution in [1.29, 1.82) is 0 Å². The number of carbonyl (C=O) groups is 2. The number of nitrogens with zero attached hydrogens (tertiary/aromatic N) is 2. The van der Waals surface area contributed by atoms with E-state index in [9.17, 15) is 9.59 Å². The maximum atomic E-state index is 12.9. The van der Waals surface area contributed by atoms with Crippen LogP contribution in [0, 0.1) is 0 Å². The number of thiol groups is 1. The lowest BCUT2D eigenvalue weighted by atomic mass is 10.0. The molecule has 0 saturated heterocycles. The summed E-state index contributed by atoms with van der Waals surface area (Å²) in [6.07, 6.45) is -0.0451. The van der Waals surface area contributed by atoms with Gasteiger partial charge in [0.25, 0.3) is 5.71 Å². The summed E-state index contributed by atoms with van der Waals surface area (Å²) in [7, 11) is 0. The molecule has 3 rings (SSSR count). The minimum Gasteiger partial charge on any atom is -0.454 e. The Morgan fingerprint density at radius 2 is 2.03 bits per heavy atom. The summed E-state index contributed by atoms with van der Waals surface area (Å²) in [4.78, 5) is 35.5. The first-order chi connectivity index (χ1) is 15.0. The Hall–Kier alpha value is -2.44. The molecule has 32 heavy (non-hydrogen) atoms. The van der Waals surface area contributed by atoms with Crippen LogP contribution in [-0.2, 0) is 19.2 Å². The van der Waals surface area contributed by atoms with Crippen LogP contribution in [0.15, 0.2) is 39.7 Å². The number of rotatable bonds is 8. The number of ether oxygens (including phenoxy) is 2. The standard InChI is InChI=1S/C20H24N4O5S3/c1-11(2)29-24-15(16(25)27-14-9-31-18(21)22-14)17(26)28-19(3,4)10-20(30)23-12-7-5-6-8-13(12)32-20/h5-9,11,23,30H,10H2,1-4H3,(H2,21,22)/b24-15+. The number of hydrogen-bond donors (Lipinski definition) is 3. The molecule has 12 heteroatoms. The van der Waals surface area contributed by atoms with Crippen molar-refractivity contribution in [2.45, 2.75) is 54.9 Å². The molecule has 1 aliphatic heterocycles. The van der Waals surface area contributed by atoms with Gasteiger partial charge < -0.3 is 25.4 Å². The van der Waals surface area contributed by atoms with Crippen LogP contribution in [0.2, 0.25) is 0 Å². The van der Waals surface area contributed by atoms with Crippen molar-refractivity contribution in [3.8, 4) is 5.88 Å². The summed E-state index contributed by atoms with van der Waals surface area (Å²) in [5.74, 6) is -2.08. The Morgan fingerprint density at radius 3 is 2.66 bits per heavy atom. The van der Waals surface area contributed by atoms with Crippen LogP contribution in [0.3, 0.4) is 0 Å². The summed E-state index contributed by atoms with van der Waals surface area (Å²) in [6, 6.07) is 7.81. The highest BCUT2D eigenvalue weighted by molar-refractivity contribution is 8.12. The first-order valence-electron chi connectivity index (χ1n) is 9.65. The molecule has 0 fully saturated rings. The SMILES string of the molecule is CC(C)O/N=C(\C(=O)Oc1csc(N)n1)C(=O)OC(C)(C)CC1(S)Nc2ccccc2S1. The van der Waals surface area contributed by atoms with Crippen LogP contribution in [0.25, 0.3) is 0 Å². The summed E-state index contributed by atoms with van der Waals surface area (Å²) >= 11 is 7.38. The fourth-order valence-electron chi connectivity index (χ4n) is 2.85. The van der Waals surface area contributed by atoms with Gasteiger partial charge in [0.2, 0.25) is 5.88 Å². The van der Waals surface area contributed by atoms with Crippen LogP contribution >= 0.6 is 35.7 Å². The van der Waals surface area contributed by atoms with Crippen LogP contribution in [0.5, 0.6) is 5.88 Å². The first kappa shape index (κ1) is 24.2. The van der Waals surface area contributed by atoms with Crippen LogP contribution < -0.4 is 15.8 Å². The molecule has 0 amide bonds. The van der Waals surface area contributed by atoms with Gasteiger partial charge in [-0.3, -0.25) is 0 Å². The Balaban J connectivity index is 1.71. The van der Waals surface area contributed by atoms with Crippen molar-refractivity contribution in [3.63, 3.8) is 0 Å². The van der Waals surface area contributed by atoms with Crippen LogP contribution in [0.4, 0.5) is 10.8 Å². The molecule has 9 nitrogen and oxygen atoms in total. The molecule has 0 bridgehead atoms. The zero-order valence-electron chi connectivity index (χ0n) is 17.9. The molecule has 1 aliphatic rings. The van der Waals surface area contributed by atoms with E-state index in [-0.39, 0.29) is 17.1 Å². The van der Waals surface area contributed by atoms with E-state index in [0.29, 0.717) is 6.42 Å². The monoisotopic (exact) mass is 496 g/mol.